The van der Waals surface area contributed by atoms with Gasteiger partial charge in [-0.25, -0.2) is 4.98 Å². The lowest BCUT2D eigenvalue weighted by Gasteiger charge is -2.00. The third-order valence-corrected chi connectivity index (χ3v) is 5.21. The highest BCUT2D eigenvalue weighted by atomic mass is 79.9. The van der Waals surface area contributed by atoms with Gasteiger partial charge in [0.1, 0.15) is 17.2 Å². The maximum absolute atomic E-state index is 6.17. The van der Waals surface area contributed by atoms with E-state index < -0.39 is 0 Å². The summed E-state index contributed by atoms with van der Waals surface area (Å²) >= 11 is 8.60. The van der Waals surface area contributed by atoms with Crippen molar-refractivity contribution in [1.82, 2.24) is 9.38 Å². The molecule has 3 rings (SSSR count). The number of hydrogen-bond acceptors (Lipinski definition) is 3. The zero-order chi connectivity index (χ0) is 12.9. The first-order valence-electron chi connectivity index (χ1n) is 5.25. The van der Waals surface area contributed by atoms with Crippen molar-refractivity contribution < 1.29 is 0 Å². The molecule has 0 radical (unpaired) electrons. The van der Waals surface area contributed by atoms with E-state index >= 15 is 0 Å². The number of nitrogens with zero attached hydrogens (tertiary/aromatic N) is 2. The molecular weight excluding hydrogens is 378 g/mol. The summed E-state index contributed by atoms with van der Waals surface area (Å²) in [6, 6.07) is 6.05. The maximum Gasteiger partial charge on any atom is 0.139 e. The first-order valence-corrected chi connectivity index (χ1v) is 7.66. The fraction of sp³-hybridized carbons (Fsp3) is 0.0833. The van der Waals surface area contributed by atoms with Gasteiger partial charge in [0.15, 0.2) is 0 Å². The molecule has 3 aromatic heterocycles. The van der Waals surface area contributed by atoms with E-state index in [-0.39, 0.29) is 0 Å². The van der Waals surface area contributed by atoms with Gasteiger partial charge in [-0.2, -0.15) is 0 Å². The first kappa shape index (κ1) is 12.2. The van der Waals surface area contributed by atoms with Crippen LogP contribution in [0.15, 0.2) is 32.7 Å². The van der Waals surface area contributed by atoms with Crippen LogP contribution in [0.3, 0.4) is 0 Å². The van der Waals surface area contributed by atoms with E-state index in [4.69, 9.17) is 5.73 Å². The molecule has 0 amide bonds. The van der Waals surface area contributed by atoms with Gasteiger partial charge in [0.25, 0.3) is 0 Å². The minimum Gasteiger partial charge on any atom is -0.383 e. The van der Waals surface area contributed by atoms with Crippen molar-refractivity contribution in [1.29, 1.82) is 0 Å². The van der Waals surface area contributed by atoms with Gasteiger partial charge in [0.05, 0.1) is 8.66 Å². The van der Waals surface area contributed by atoms with Crippen LogP contribution in [0.25, 0.3) is 16.2 Å². The zero-order valence-corrected chi connectivity index (χ0v) is 13.4. The zero-order valence-electron chi connectivity index (χ0n) is 9.45. The van der Waals surface area contributed by atoms with Crippen LogP contribution in [0.4, 0.5) is 5.82 Å². The van der Waals surface area contributed by atoms with Crippen LogP contribution in [0, 0.1) is 6.92 Å². The van der Waals surface area contributed by atoms with Crippen LogP contribution in [-0.2, 0) is 0 Å². The lowest BCUT2D eigenvalue weighted by atomic mass is 10.3. The molecule has 0 atom stereocenters. The van der Waals surface area contributed by atoms with Crippen LogP contribution < -0.4 is 5.73 Å². The smallest absolute Gasteiger partial charge is 0.139 e. The van der Waals surface area contributed by atoms with Crippen molar-refractivity contribution in [3.63, 3.8) is 0 Å². The number of pyridine rings is 1. The van der Waals surface area contributed by atoms with Crippen molar-refractivity contribution >= 4 is 54.7 Å². The Balaban J connectivity index is 2.29. The van der Waals surface area contributed by atoms with Crippen LogP contribution in [-0.4, -0.2) is 9.38 Å². The van der Waals surface area contributed by atoms with Gasteiger partial charge in [0.2, 0.25) is 0 Å². The number of aromatic nitrogens is 2. The number of nitrogens with two attached hydrogens (primary N) is 1. The molecule has 0 aliphatic heterocycles. The van der Waals surface area contributed by atoms with Crippen molar-refractivity contribution in [2.24, 2.45) is 0 Å². The summed E-state index contributed by atoms with van der Waals surface area (Å²) in [4.78, 5) is 5.67. The second-order valence-corrected chi connectivity index (χ2v) is 7.30. The summed E-state index contributed by atoms with van der Waals surface area (Å²) in [7, 11) is 0. The number of halogens is 2. The largest absolute Gasteiger partial charge is 0.383 e. The number of nitrogen functional groups attached to an aromatic ring is 1. The van der Waals surface area contributed by atoms with E-state index in [1.165, 1.54) is 0 Å². The number of hydrogen-bond donors (Lipinski definition) is 1. The lowest BCUT2D eigenvalue weighted by Crippen LogP contribution is -1.94. The Morgan fingerprint density at radius 1 is 1.33 bits per heavy atom. The van der Waals surface area contributed by atoms with Crippen molar-refractivity contribution in [2.45, 2.75) is 6.92 Å². The summed E-state index contributed by atoms with van der Waals surface area (Å²) in [5.74, 6) is 0.667. The van der Waals surface area contributed by atoms with E-state index in [0.29, 0.717) is 5.82 Å². The summed E-state index contributed by atoms with van der Waals surface area (Å²) in [5, 5.41) is 0. The third kappa shape index (κ3) is 1.88. The molecule has 18 heavy (non-hydrogen) atoms. The standard InChI is InChI=1S/C12H9Br2N3S/c1-6-4-10-16-11(8-2-3-9(14)18-8)12(15)17(10)5-7(6)13/h2-5H,15H2,1H3. The highest BCUT2D eigenvalue weighted by Crippen LogP contribution is 2.35. The summed E-state index contributed by atoms with van der Waals surface area (Å²) in [6.45, 7) is 2.04. The number of rotatable bonds is 1. The molecule has 0 aromatic carbocycles. The second kappa shape index (κ2) is 4.36. The van der Waals surface area contributed by atoms with Crippen LogP contribution in [0.5, 0.6) is 0 Å². The molecule has 0 unspecified atom stereocenters. The molecule has 0 aliphatic rings. The normalized spacial score (nSPS) is 11.3. The number of aryl methyl sites for hydroxylation is 1. The molecule has 92 valence electrons. The molecule has 3 heterocycles. The van der Waals surface area contributed by atoms with Crippen molar-refractivity contribution in [3.05, 3.63) is 38.2 Å². The number of thiophene rings is 1. The topological polar surface area (TPSA) is 43.3 Å². The molecule has 0 saturated heterocycles. The predicted molar refractivity (Wildman–Crippen MR) is 83.1 cm³/mol. The highest BCUT2D eigenvalue weighted by Gasteiger charge is 2.14. The molecule has 0 aliphatic carbocycles. The average Bonchev–Trinajstić information content (AvgIpc) is 2.86. The molecule has 3 aromatic rings. The summed E-state index contributed by atoms with van der Waals surface area (Å²) < 4.78 is 4.00. The maximum atomic E-state index is 6.17. The van der Waals surface area contributed by atoms with Crippen molar-refractivity contribution in [3.8, 4) is 10.6 Å². The van der Waals surface area contributed by atoms with Gasteiger partial charge in [-0.3, -0.25) is 4.40 Å². The highest BCUT2D eigenvalue weighted by molar-refractivity contribution is 9.11. The minimum absolute atomic E-state index is 0.667. The Bertz CT molecular complexity index is 745. The van der Waals surface area contributed by atoms with Crippen LogP contribution in [0.1, 0.15) is 5.56 Å². The molecule has 0 spiro atoms. The predicted octanol–water partition coefficient (Wildman–Crippen LogP) is 4.48. The van der Waals surface area contributed by atoms with Crippen LogP contribution >= 0.6 is 43.2 Å². The monoisotopic (exact) mass is 385 g/mol. The molecular formula is C12H9Br2N3S. The SMILES string of the molecule is Cc1cc2nc(-c3ccc(Br)s3)c(N)n2cc1Br. The lowest BCUT2D eigenvalue weighted by molar-refractivity contribution is 1.16. The Hall–Kier alpha value is -0.850. The van der Waals surface area contributed by atoms with Gasteiger partial charge in [-0.05, 0) is 62.5 Å². The Kier molecular flexibility index (Phi) is 2.96. The average molecular weight is 387 g/mol. The Labute approximate surface area is 125 Å². The Morgan fingerprint density at radius 2 is 2.11 bits per heavy atom. The van der Waals surface area contributed by atoms with Crippen molar-refractivity contribution in [2.75, 3.05) is 5.73 Å². The van der Waals surface area contributed by atoms with E-state index in [2.05, 4.69) is 36.8 Å². The molecule has 0 saturated carbocycles. The quantitative estimate of drug-likeness (QED) is 0.670. The third-order valence-electron chi connectivity index (χ3n) is 2.75. The van der Waals surface area contributed by atoms with Gasteiger partial charge in [-0.15, -0.1) is 11.3 Å². The fourth-order valence-corrected chi connectivity index (χ4v) is 3.51. The van der Waals surface area contributed by atoms with Gasteiger partial charge in [0, 0.05) is 10.7 Å². The molecule has 0 fully saturated rings. The van der Waals surface area contributed by atoms with Gasteiger partial charge in [-0.1, -0.05) is 0 Å². The molecule has 0 bridgehead atoms. The fourth-order valence-electron chi connectivity index (χ4n) is 1.80. The van der Waals surface area contributed by atoms with E-state index in [1.54, 1.807) is 11.3 Å². The Morgan fingerprint density at radius 3 is 2.78 bits per heavy atom. The first-order chi connectivity index (χ1) is 8.56. The summed E-state index contributed by atoms with van der Waals surface area (Å²) in [6.07, 6.45) is 1.96. The van der Waals surface area contributed by atoms with Crippen LogP contribution in [0.2, 0.25) is 0 Å². The van der Waals surface area contributed by atoms with Gasteiger partial charge >= 0.3 is 0 Å². The minimum atomic E-state index is 0.667. The number of imidazole rings is 1. The van der Waals surface area contributed by atoms with Gasteiger partial charge < -0.3 is 5.73 Å². The molecule has 2 N–H and O–H groups in total. The molecule has 6 heteroatoms. The number of fused-ring (bicyclic) bond motifs is 1. The van der Waals surface area contributed by atoms with E-state index in [9.17, 15) is 0 Å². The molecule has 3 nitrogen and oxygen atoms in total. The van der Waals surface area contributed by atoms with E-state index in [1.807, 2.05) is 35.7 Å². The van der Waals surface area contributed by atoms with E-state index in [0.717, 1.165) is 30.0 Å². The number of anilines is 1. The summed E-state index contributed by atoms with van der Waals surface area (Å²) in [5.41, 5.74) is 9.02. The second-order valence-electron chi connectivity index (χ2n) is 3.98.